The number of carbonyl (C=O) groups excluding carboxylic acids is 2. The number of phosphoric ester groups is 2. The summed E-state index contributed by atoms with van der Waals surface area (Å²) >= 11 is 0. The minimum atomic E-state index is -4.87. The number of unbranched alkanes of at least 4 members (excludes halogenated alkanes) is 6. The van der Waals surface area contributed by atoms with Crippen molar-refractivity contribution in [1.29, 1.82) is 0 Å². The van der Waals surface area contributed by atoms with Crippen molar-refractivity contribution >= 4 is 27.6 Å². The molecule has 0 aromatic heterocycles. The second kappa shape index (κ2) is 33.2. The fraction of sp³-hybridized carbons (Fsp3) is 0.737. The van der Waals surface area contributed by atoms with Crippen LogP contribution in [0.4, 0.5) is 0 Å². The first-order valence-electron chi connectivity index (χ1n) is 19.3. The Morgan fingerprint density at radius 3 is 1.76 bits per heavy atom. The number of hydrogen-bond donors (Lipinski definition) is 5. The van der Waals surface area contributed by atoms with Gasteiger partial charge in [-0.15, -0.1) is 0 Å². The zero-order valence-electron chi connectivity index (χ0n) is 32.6. The lowest BCUT2D eigenvalue weighted by atomic mass is 10.0. The Morgan fingerprint density at radius 2 is 1.15 bits per heavy atom. The number of ether oxygens (including phenoxy) is 2. The lowest BCUT2D eigenvalue weighted by Gasteiger charge is -2.20. The van der Waals surface area contributed by atoms with Crippen LogP contribution in [-0.4, -0.2) is 81.6 Å². The third-order valence-electron chi connectivity index (χ3n) is 7.69. The van der Waals surface area contributed by atoms with Crippen molar-refractivity contribution in [3.8, 4) is 0 Å². The van der Waals surface area contributed by atoms with Crippen LogP contribution >= 0.6 is 15.6 Å². The van der Waals surface area contributed by atoms with Gasteiger partial charge in [0, 0.05) is 12.8 Å². The van der Waals surface area contributed by atoms with E-state index in [4.69, 9.17) is 23.8 Å². The predicted molar refractivity (Wildman–Crippen MR) is 208 cm³/mol. The molecule has 54 heavy (non-hydrogen) atoms. The van der Waals surface area contributed by atoms with Crippen LogP contribution in [0.5, 0.6) is 0 Å². The number of phosphoric acid groups is 2. The zero-order valence-corrected chi connectivity index (χ0v) is 34.4. The zero-order chi connectivity index (χ0) is 40.5. The summed E-state index contributed by atoms with van der Waals surface area (Å²) in [7, 11) is -9.69. The standard InChI is InChI=1S/C38H68O14P2/c1-4-24-34(39)26-21-17-12-10-8-6-5-7-9-11-13-18-22-27-37(41)48-31-36(52-38(42)28-23-19-15-14-16-20-25-33(2)3)32-51-54(46,47)50-30-35(40)29-49-53(43,44)45/h5,7-8,10-11,13,17,21,33-36,39-40H,4,6,9,12,14-16,18-20,22-32H2,1-3H3,(H,46,47)(H2,43,44,45)/b7-5-,10-8-,13-11-,21-17-/t34?,35-,36+/m0/s1. The molecule has 0 saturated heterocycles. The van der Waals surface area contributed by atoms with Crippen LogP contribution in [0.2, 0.25) is 0 Å². The summed E-state index contributed by atoms with van der Waals surface area (Å²) in [4.78, 5) is 52.4. The van der Waals surface area contributed by atoms with Crippen LogP contribution in [0.25, 0.3) is 0 Å². The molecule has 14 nitrogen and oxygen atoms in total. The number of hydrogen-bond acceptors (Lipinski definition) is 11. The second-order valence-corrected chi connectivity index (χ2v) is 16.2. The van der Waals surface area contributed by atoms with Crippen molar-refractivity contribution in [3.05, 3.63) is 48.6 Å². The molecule has 0 heterocycles. The Kier molecular flexibility index (Phi) is 32.0. The van der Waals surface area contributed by atoms with Gasteiger partial charge in [0.05, 0.1) is 25.9 Å². The summed E-state index contributed by atoms with van der Waals surface area (Å²) in [6, 6.07) is 0. The van der Waals surface area contributed by atoms with E-state index in [1.54, 1.807) is 0 Å². The Labute approximate surface area is 322 Å². The van der Waals surface area contributed by atoms with Crippen molar-refractivity contribution in [2.75, 3.05) is 26.4 Å². The van der Waals surface area contributed by atoms with E-state index in [-0.39, 0.29) is 18.9 Å². The molecule has 0 aromatic carbocycles. The molecular formula is C38H68O14P2. The van der Waals surface area contributed by atoms with Crippen molar-refractivity contribution in [2.45, 2.75) is 148 Å². The molecule has 0 aliphatic heterocycles. The van der Waals surface area contributed by atoms with Gasteiger partial charge in [-0.2, -0.15) is 0 Å². The summed E-state index contributed by atoms with van der Waals surface area (Å²) < 4.78 is 47.4. The molecule has 0 bridgehead atoms. The van der Waals surface area contributed by atoms with Gasteiger partial charge in [0.15, 0.2) is 6.10 Å². The highest BCUT2D eigenvalue weighted by Gasteiger charge is 2.28. The van der Waals surface area contributed by atoms with Gasteiger partial charge in [-0.1, -0.05) is 114 Å². The monoisotopic (exact) mass is 810 g/mol. The van der Waals surface area contributed by atoms with Crippen molar-refractivity contribution < 1.29 is 66.7 Å². The van der Waals surface area contributed by atoms with Crippen LogP contribution in [0, 0.1) is 5.92 Å². The average Bonchev–Trinajstić information content (AvgIpc) is 3.10. The number of allylic oxidation sites excluding steroid dienone is 7. The molecule has 314 valence electrons. The van der Waals surface area contributed by atoms with Crippen molar-refractivity contribution in [1.82, 2.24) is 0 Å². The molecule has 0 rings (SSSR count). The highest BCUT2D eigenvalue weighted by atomic mass is 31.2. The maximum absolute atomic E-state index is 12.5. The van der Waals surface area contributed by atoms with E-state index in [9.17, 15) is 33.8 Å². The molecule has 2 unspecified atom stereocenters. The van der Waals surface area contributed by atoms with E-state index in [2.05, 4.69) is 60.2 Å². The summed E-state index contributed by atoms with van der Waals surface area (Å²) in [5, 5.41) is 19.4. The fourth-order valence-corrected chi connectivity index (χ4v) is 5.93. The number of carbonyl (C=O) groups is 2. The van der Waals surface area contributed by atoms with Gasteiger partial charge in [-0.25, -0.2) is 9.13 Å². The van der Waals surface area contributed by atoms with E-state index in [1.165, 1.54) is 12.8 Å². The van der Waals surface area contributed by atoms with E-state index < -0.39 is 66.2 Å². The van der Waals surface area contributed by atoms with Crippen molar-refractivity contribution in [2.24, 2.45) is 5.92 Å². The quantitative estimate of drug-likeness (QED) is 0.0178. The highest BCUT2D eigenvalue weighted by Crippen LogP contribution is 2.43. The Hall–Kier alpha value is -1.96. The van der Waals surface area contributed by atoms with Gasteiger partial charge in [-0.05, 0) is 57.3 Å². The van der Waals surface area contributed by atoms with Crippen LogP contribution in [-0.2, 0) is 41.8 Å². The molecular weight excluding hydrogens is 742 g/mol. The van der Waals surface area contributed by atoms with Gasteiger partial charge < -0.3 is 34.4 Å². The van der Waals surface area contributed by atoms with Gasteiger partial charge in [-0.3, -0.25) is 23.2 Å². The third kappa shape index (κ3) is 37.0. The van der Waals surface area contributed by atoms with Gasteiger partial charge in [0.25, 0.3) is 0 Å². The number of esters is 2. The summed E-state index contributed by atoms with van der Waals surface area (Å²) in [6.45, 7) is 3.65. The predicted octanol–water partition coefficient (Wildman–Crippen LogP) is 7.94. The van der Waals surface area contributed by atoms with E-state index >= 15 is 0 Å². The maximum Gasteiger partial charge on any atom is 0.472 e. The van der Waals surface area contributed by atoms with Gasteiger partial charge in [0.1, 0.15) is 12.7 Å². The molecule has 4 atom stereocenters. The molecule has 0 saturated carbocycles. The third-order valence-corrected chi connectivity index (χ3v) is 9.13. The SMILES string of the molecule is CCCC(O)C/C=C\C/C=C\C/C=C\C/C=C\CCCC(=O)OC[C@H](COP(=O)(O)OC[C@@H](O)COP(=O)(O)O)OC(=O)CCCCCCCCC(C)C. The number of aliphatic hydroxyl groups excluding tert-OH is 2. The Bertz CT molecular complexity index is 1180. The minimum Gasteiger partial charge on any atom is -0.462 e. The van der Waals surface area contributed by atoms with E-state index in [1.807, 2.05) is 18.2 Å². The van der Waals surface area contributed by atoms with Crippen LogP contribution < -0.4 is 0 Å². The van der Waals surface area contributed by atoms with Crippen molar-refractivity contribution in [3.63, 3.8) is 0 Å². The molecule has 16 heteroatoms. The Balaban J connectivity index is 4.64. The summed E-state index contributed by atoms with van der Waals surface area (Å²) in [5.74, 6) is -0.447. The van der Waals surface area contributed by atoms with Crippen LogP contribution in [0.3, 0.4) is 0 Å². The normalized spacial score (nSPS) is 15.4. The largest absolute Gasteiger partial charge is 0.472 e. The van der Waals surface area contributed by atoms with E-state index in [0.717, 1.165) is 57.8 Å². The van der Waals surface area contributed by atoms with E-state index in [0.29, 0.717) is 31.6 Å². The summed E-state index contributed by atoms with van der Waals surface area (Å²) in [5.41, 5.74) is 0. The summed E-state index contributed by atoms with van der Waals surface area (Å²) in [6.07, 6.45) is 26.6. The molecule has 0 radical (unpaired) electrons. The van der Waals surface area contributed by atoms with Gasteiger partial charge in [0.2, 0.25) is 0 Å². The molecule has 0 aromatic rings. The number of rotatable bonds is 35. The van der Waals surface area contributed by atoms with Crippen LogP contribution in [0.1, 0.15) is 130 Å². The van der Waals surface area contributed by atoms with Gasteiger partial charge >= 0.3 is 27.6 Å². The Morgan fingerprint density at radius 1 is 0.611 bits per heavy atom. The molecule has 5 N–H and O–H groups in total. The molecule has 0 spiro atoms. The maximum atomic E-state index is 12.5. The smallest absolute Gasteiger partial charge is 0.462 e. The lowest BCUT2D eigenvalue weighted by molar-refractivity contribution is -0.161. The molecule has 0 amide bonds. The average molecular weight is 811 g/mol. The topological polar surface area (TPSA) is 216 Å². The first kappa shape index (κ1) is 52.0. The first-order valence-corrected chi connectivity index (χ1v) is 22.3. The minimum absolute atomic E-state index is 0.103. The first-order chi connectivity index (χ1) is 25.6. The molecule has 0 fully saturated rings. The van der Waals surface area contributed by atoms with Crippen LogP contribution in [0.15, 0.2) is 48.6 Å². The fourth-order valence-electron chi connectivity index (χ4n) is 4.77. The second-order valence-electron chi connectivity index (χ2n) is 13.5. The molecule has 0 aliphatic rings. The molecule has 0 aliphatic carbocycles. The number of aliphatic hydroxyl groups is 2. The highest BCUT2D eigenvalue weighted by molar-refractivity contribution is 7.47. The lowest BCUT2D eigenvalue weighted by Crippen LogP contribution is -2.30.